The number of likely N-dealkylation sites (tertiary alicyclic amines) is 1. The van der Waals surface area contributed by atoms with Gasteiger partial charge in [0, 0.05) is 44.1 Å². The number of hydrogen-bond acceptors (Lipinski definition) is 4. The van der Waals surface area contributed by atoms with Crippen molar-refractivity contribution in [2.75, 3.05) is 25.5 Å². The van der Waals surface area contributed by atoms with Crippen LogP contribution in [0.15, 0.2) is 30.3 Å². The molecule has 1 aliphatic rings. The number of rotatable bonds is 4. The highest BCUT2D eigenvalue weighted by atomic mass is 19.1. The first-order valence-corrected chi connectivity index (χ1v) is 7.89. The van der Waals surface area contributed by atoms with Gasteiger partial charge < -0.3 is 15.3 Å². The predicted molar refractivity (Wildman–Crippen MR) is 88.8 cm³/mol. The molecule has 1 aromatic heterocycles. The molecule has 7 heteroatoms. The molecular formula is C17H21FN4O2. The topological polar surface area (TPSA) is 70.4 Å². The minimum absolute atomic E-state index is 0.0599. The lowest BCUT2D eigenvalue weighted by molar-refractivity contribution is -0.117. The molecular weight excluding hydrogens is 311 g/mol. The van der Waals surface area contributed by atoms with Crippen LogP contribution in [0.5, 0.6) is 0 Å². The number of nitrogens with zero attached hydrogens (tertiary/aromatic N) is 3. The van der Waals surface area contributed by atoms with E-state index in [1.54, 1.807) is 29.9 Å². The summed E-state index contributed by atoms with van der Waals surface area (Å²) in [5, 5.41) is 17.0. The third-order valence-electron chi connectivity index (χ3n) is 4.32. The third kappa shape index (κ3) is 3.63. The quantitative estimate of drug-likeness (QED) is 0.890. The molecule has 2 N–H and O–H groups in total. The fraction of sp³-hybridized carbons (Fsp3) is 0.412. The third-order valence-corrected chi connectivity index (χ3v) is 4.32. The molecule has 24 heavy (non-hydrogen) atoms. The number of hydrogen-bond donors (Lipinski definition) is 2. The van der Waals surface area contributed by atoms with Crippen molar-refractivity contribution in [3.8, 4) is 11.3 Å². The van der Waals surface area contributed by atoms with Crippen molar-refractivity contribution in [1.29, 1.82) is 0 Å². The number of amides is 1. The van der Waals surface area contributed by atoms with Crippen LogP contribution in [0.2, 0.25) is 0 Å². The zero-order valence-corrected chi connectivity index (χ0v) is 13.7. The summed E-state index contributed by atoms with van der Waals surface area (Å²) >= 11 is 0. The van der Waals surface area contributed by atoms with Crippen LogP contribution in [-0.2, 0) is 11.8 Å². The summed E-state index contributed by atoms with van der Waals surface area (Å²) in [6.07, 6.45) is -0.215. The van der Waals surface area contributed by atoms with E-state index < -0.39 is 6.10 Å². The number of aliphatic hydroxyl groups excluding tert-OH is 1. The van der Waals surface area contributed by atoms with Gasteiger partial charge in [0.15, 0.2) is 5.82 Å². The monoisotopic (exact) mass is 332 g/mol. The second-order valence-corrected chi connectivity index (χ2v) is 6.35. The van der Waals surface area contributed by atoms with E-state index in [0.29, 0.717) is 18.9 Å². The van der Waals surface area contributed by atoms with Crippen molar-refractivity contribution in [2.45, 2.75) is 12.5 Å². The number of nitrogens with one attached hydrogen (secondary N) is 1. The number of likely N-dealkylation sites (N-methyl/N-ethyl adjacent to an activating group) is 1. The summed E-state index contributed by atoms with van der Waals surface area (Å²) in [6, 6.07) is 7.87. The number of β-amino-alcohol motifs (C(OH)–C–C–N with tert-alkyl or cyclic N) is 1. The Balaban J connectivity index is 1.66. The van der Waals surface area contributed by atoms with Gasteiger partial charge in [-0.2, -0.15) is 5.10 Å². The van der Waals surface area contributed by atoms with E-state index in [-0.39, 0.29) is 24.1 Å². The van der Waals surface area contributed by atoms with E-state index in [1.807, 2.05) is 11.9 Å². The van der Waals surface area contributed by atoms with Crippen LogP contribution in [-0.4, -0.2) is 51.9 Å². The number of aryl methyl sites for hydroxylation is 1. The van der Waals surface area contributed by atoms with E-state index in [4.69, 9.17) is 0 Å². The van der Waals surface area contributed by atoms with Gasteiger partial charge in [0.1, 0.15) is 5.82 Å². The zero-order chi connectivity index (χ0) is 17.3. The molecule has 2 aromatic rings. The molecule has 3 rings (SSSR count). The molecule has 0 unspecified atom stereocenters. The molecule has 1 aromatic carbocycles. The standard InChI is InChI=1S/C17H21FN4O2/c1-21-9-12(15(23)10-21)7-17(24)19-16-8-14(22(2)20-16)11-3-5-13(18)6-4-11/h3-6,8,12,15,23H,7,9-10H2,1-2H3,(H,19,20,24)/t12-,15-/m1/s1. The first kappa shape index (κ1) is 16.6. The highest BCUT2D eigenvalue weighted by Crippen LogP contribution is 2.23. The van der Waals surface area contributed by atoms with Crippen LogP contribution < -0.4 is 5.32 Å². The fourth-order valence-corrected chi connectivity index (χ4v) is 3.12. The summed E-state index contributed by atoms with van der Waals surface area (Å²) in [6.45, 7) is 1.30. The Bertz CT molecular complexity index is 729. The van der Waals surface area contributed by atoms with E-state index in [9.17, 15) is 14.3 Å². The minimum atomic E-state index is -0.473. The van der Waals surface area contributed by atoms with Crippen LogP contribution in [0, 0.1) is 11.7 Å². The maximum absolute atomic E-state index is 13.0. The van der Waals surface area contributed by atoms with Gasteiger partial charge in [0.25, 0.3) is 0 Å². The summed E-state index contributed by atoms with van der Waals surface area (Å²) < 4.78 is 14.7. The Morgan fingerprint density at radius 3 is 2.67 bits per heavy atom. The average molecular weight is 332 g/mol. The number of aromatic nitrogens is 2. The second-order valence-electron chi connectivity index (χ2n) is 6.35. The molecule has 1 saturated heterocycles. The van der Waals surface area contributed by atoms with Gasteiger partial charge in [-0.3, -0.25) is 9.48 Å². The maximum atomic E-state index is 13.0. The number of anilines is 1. The number of halogens is 1. The second kappa shape index (κ2) is 6.70. The number of benzene rings is 1. The summed E-state index contributed by atoms with van der Waals surface area (Å²) in [5.41, 5.74) is 1.60. The van der Waals surface area contributed by atoms with Crippen LogP contribution in [0.1, 0.15) is 6.42 Å². The van der Waals surface area contributed by atoms with E-state index >= 15 is 0 Å². The lowest BCUT2D eigenvalue weighted by Gasteiger charge is -2.12. The molecule has 1 amide bonds. The molecule has 128 valence electrons. The van der Waals surface area contributed by atoms with Crippen molar-refractivity contribution in [1.82, 2.24) is 14.7 Å². The summed E-state index contributed by atoms with van der Waals surface area (Å²) in [4.78, 5) is 14.2. The lowest BCUT2D eigenvalue weighted by Crippen LogP contribution is -2.24. The summed E-state index contributed by atoms with van der Waals surface area (Å²) in [7, 11) is 3.69. The zero-order valence-electron chi connectivity index (χ0n) is 13.7. The highest BCUT2D eigenvalue weighted by molar-refractivity contribution is 5.90. The largest absolute Gasteiger partial charge is 0.391 e. The Kier molecular flexibility index (Phi) is 4.64. The molecule has 0 aliphatic carbocycles. The maximum Gasteiger partial charge on any atom is 0.226 e. The van der Waals surface area contributed by atoms with E-state index in [1.165, 1.54) is 12.1 Å². The van der Waals surface area contributed by atoms with Crippen molar-refractivity contribution < 1.29 is 14.3 Å². The van der Waals surface area contributed by atoms with Crippen molar-refractivity contribution in [3.05, 3.63) is 36.1 Å². The highest BCUT2D eigenvalue weighted by Gasteiger charge is 2.30. The Morgan fingerprint density at radius 1 is 1.33 bits per heavy atom. The summed E-state index contributed by atoms with van der Waals surface area (Å²) in [5.74, 6) is -0.0782. The van der Waals surface area contributed by atoms with Crippen molar-refractivity contribution >= 4 is 11.7 Å². The first-order valence-electron chi connectivity index (χ1n) is 7.89. The van der Waals surface area contributed by atoms with Crippen molar-refractivity contribution in [2.24, 2.45) is 13.0 Å². The van der Waals surface area contributed by atoms with Gasteiger partial charge in [0.2, 0.25) is 5.91 Å². The predicted octanol–water partition coefficient (Wildman–Crippen LogP) is 1.48. The van der Waals surface area contributed by atoms with Crippen molar-refractivity contribution in [3.63, 3.8) is 0 Å². The average Bonchev–Trinajstić information content (AvgIpc) is 3.02. The van der Waals surface area contributed by atoms with Crippen LogP contribution in [0.4, 0.5) is 10.2 Å². The molecule has 0 radical (unpaired) electrons. The Labute approximate surface area is 139 Å². The number of carbonyl (C=O) groups excluding carboxylic acids is 1. The molecule has 2 heterocycles. The number of aliphatic hydroxyl groups is 1. The molecule has 0 saturated carbocycles. The fourth-order valence-electron chi connectivity index (χ4n) is 3.12. The van der Waals surface area contributed by atoms with Crippen LogP contribution in [0.25, 0.3) is 11.3 Å². The molecule has 2 atom stereocenters. The van der Waals surface area contributed by atoms with E-state index in [0.717, 1.165) is 11.3 Å². The SMILES string of the molecule is CN1C[C@@H](CC(=O)Nc2cc(-c3ccc(F)cc3)n(C)n2)[C@H](O)C1. The lowest BCUT2D eigenvalue weighted by atomic mass is 10.0. The van der Waals surface area contributed by atoms with Gasteiger partial charge in [0.05, 0.1) is 11.8 Å². The molecule has 0 bridgehead atoms. The normalized spacial score (nSPS) is 21.2. The minimum Gasteiger partial charge on any atom is -0.391 e. The molecule has 6 nitrogen and oxygen atoms in total. The Hall–Kier alpha value is -2.25. The smallest absolute Gasteiger partial charge is 0.226 e. The van der Waals surface area contributed by atoms with Gasteiger partial charge in [-0.1, -0.05) is 0 Å². The first-order chi connectivity index (χ1) is 11.4. The van der Waals surface area contributed by atoms with E-state index in [2.05, 4.69) is 10.4 Å². The number of carbonyl (C=O) groups is 1. The molecule has 1 fully saturated rings. The van der Waals surface area contributed by atoms with Gasteiger partial charge in [-0.05, 0) is 31.3 Å². The Morgan fingerprint density at radius 2 is 2.04 bits per heavy atom. The van der Waals surface area contributed by atoms with Gasteiger partial charge in [-0.15, -0.1) is 0 Å². The molecule has 0 spiro atoms. The van der Waals surface area contributed by atoms with Gasteiger partial charge >= 0.3 is 0 Å². The molecule has 1 aliphatic heterocycles. The van der Waals surface area contributed by atoms with Crippen LogP contribution >= 0.6 is 0 Å². The van der Waals surface area contributed by atoms with Gasteiger partial charge in [-0.25, -0.2) is 4.39 Å². The van der Waals surface area contributed by atoms with Crippen LogP contribution in [0.3, 0.4) is 0 Å².